The van der Waals surface area contributed by atoms with Gasteiger partial charge in [-0.3, -0.25) is 9.59 Å². The molecule has 2 aromatic carbocycles. The minimum Gasteiger partial charge on any atom is -0.496 e. The van der Waals surface area contributed by atoms with Crippen LogP contribution in [0.5, 0.6) is 17.2 Å². The highest BCUT2D eigenvalue weighted by Crippen LogP contribution is 2.35. The maximum absolute atomic E-state index is 12.0. The molecule has 158 valence electrons. The quantitative estimate of drug-likeness (QED) is 0.383. The number of rotatable bonds is 9. The number of ketones is 1. The van der Waals surface area contributed by atoms with Crippen LogP contribution in [0.1, 0.15) is 22.8 Å². The van der Waals surface area contributed by atoms with Crippen LogP contribution in [0.15, 0.2) is 42.5 Å². The first-order chi connectivity index (χ1) is 14.4. The van der Waals surface area contributed by atoms with Gasteiger partial charge in [0.15, 0.2) is 23.9 Å². The molecule has 0 aliphatic heterocycles. The fourth-order valence-corrected chi connectivity index (χ4v) is 2.54. The molecule has 0 bridgehead atoms. The molecular formula is C22H23NO7. The summed E-state index contributed by atoms with van der Waals surface area (Å²) in [5.41, 5.74) is 1.48. The van der Waals surface area contributed by atoms with Crippen molar-refractivity contribution in [2.75, 3.05) is 33.3 Å². The maximum Gasteiger partial charge on any atom is 0.331 e. The molecule has 0 fully saturated rings. The third-order valence-electron chi connectivity index (χ3n) is 4.03. The molecule has 0 unspecified atom stereocenters. The Morgan fingerprint density at radius 2 is 1.60 bits per heavy atom. The Morgan fingerprint density at radius 3 is 2.23 bits per heavy atom. The van der Waals surface area contributed by atoms with Crippen LogP contribution in [0.25, 0.3) is 6.08 Å². The van der Waals surface area contributed by atoms with E-state index in [2.05, 4.69) is 5.32 Å². The highest BCUT2D eigenvalue weighted by atomic mass is 16.5. The summed E-state index contributed by atoms with van der Waals surface area (Å²) in [7, 11) is 4.49. The first-order valence-electron chi connectivity index (χ1n) is 8.93. The monoisotopic (exact) mass is 413 g/mol. The highest BCUT2D eigenvalue weighted by Gasteiger charge is 2.11. The zero-order valence-corrected chi connectivity index (χ0v) is 17.2. The summed E-state index contributed by atoms with van der Waals surface area (Å²) < 4.78 is 20.7. The van der Waals surface area contributed by atoms with Crippen LogP contribution >= 0.6 is 0 Å². The number of hydrogen-bond acceptors (Lipinski definition) is 7. The van der Waals surface area contributed by atoms with E-state index in [1.165, 1.54) is 40.4 Å². The average Bonchev–Trinajstić information content (AvgIpc) is 2.75. The second kappa shape index (κ2) is 10.7. The van der Waals surface area contributed by atoms with Crippen molar-refractivity contribution in [2.24, 2.45) is 0 Å². The van der Waals surface area contributed by atoms with E-state index in [1.54, 1.807) is 36.4 Å². The van der Waals surface area contributed by atoms with Crippen molar-refractivity contribution in [1.82, 2.24) is 0 Å². The van der Waals surface area contributed by atoms with Crippen molar-refractivity contribution in [3.05, 3.63) is 53.6 Å². The van der Waals surface area contributed by atoms with Gasteiger partial charge in [0.05, 0.1) is 21.3 Å². The van der Waals surface area contributed by atoms with E-state index >= 15 is 0 Å². The Hall–Kier alpha value is -3.81. The van der Waals surface area contributed by atoms with Gasteiger partial charge < -0.3 is 24.3 Å². The van der Waals surface area contributed by atoms with Crippen molar-refractivity contribution < 1.29 is 33.3 Å². The van der Waals surface area contributed by atoms with E-state index in [0.717, 1.165) is 0 Å². The summed E-state index contributed by atoms with van der Waals surface area (Å²) in [6.45, 7) is 0.957. The van der Waals surface area contributed by atoms with Crippen LogP contribution in [0.2, 0.25) is 0 Å². The van der Waals surface area contributed by atoms with E-state index < -0.39 is 18.5 Å². The van der Waals surface area contributed by atoms with Crippen molar-refractivity contribution >= 4 is 29.4 Å². The van der Waals surface area contributed by atoms with Crippen LogP contribution < -0.4 is 19.5 Å². The second-order valence-electron chi connectivity index (χ2n) is 6.08. The van der Waals surface area contributed by atoms with Gasteiger partial charge in [-0.05, 0) is 31.2 Å². The molecule has 0 aromatic heterocycles. The van der Waals surface area contributed by atoms with E-state index in [4.69, 9.17) is 18.9 Å². The van der Waals surface area contributed by atoms with Gasteiger partial charge in [-0.1, -0.05) is 12.1 Å². The van der Waals surface area contributed by atoms with Crippen LogP contribution in [0.3, 0.4) is 0 Å². The standard InChI is InChI=1S/C22H23NO7/c1-14(24)15-6-5-7-17(10-15)23-21(25)13-30-22(26)9-8-16-11-19(28-3)20(29-4)12-18(16)27-2/h5-12H,13H2,1-4H3,(H,23,25)/b9-8+. The minimum atomic E-state index is -0.709. The summed E-state index contributed by atoms with van der Waals surface area (Å²) in [6, 6.07) is 9.76. The Kier molecular flexibility index (Phi) is 7.99. The molecule has 8 heteroatoms. The molecule has 30 heavy (non-hydrogen) atoms. The van der Waals surface area contributed by atoms with E-state index in [-0.39, 0.29) is 5.78 Å². The third kappa shape index (κ3) is 6.10. The summed E-state index contributed by atoms with van der Waals surface area (Å²) in [6.07, 6.45) is 2.66. The Balaban J connectivity index is 1.97. The molecule has 0 aliphatic rings. The van der Waals surface area contributed by atoms with Gasteiger partial charge in [0.25, 0.3) is 5.91 Å². The van der Waals surface area contributed by atoms with Gasteiger partial charge in [-0.15, -0.1) is 0 Å². The molecule has 1 amide bonds. The number of nitrogens with one attached hydrogen (secondary N) is 1. The van der Waals surface area contributed by atoms with Crippen LogP contribution in [-0.2, 0) is 14.3 Å². The zero-order chi connectivity index (χ0) is 22.1. The molecule has 2 aromatic rings. The number of amides is 1. The van der Waals surface area contributed by atoms with Crippen molar-refractivity contribution in [1.29, 1.82) is 0 Å². The molecular weight excluding hydrogens is 390 g/mol. The number of carbonyl (C=O) groups is 3. The normalized spacial score (nSPS) is 10.4. The number of carbonyl (C=O) groups excluding carboxylic acids is 3. The number of esters is 1. The van der Waals surface area contributed by atoms with E-state index in [1.807, 2.05) is 0 Å². The predicted molar refractivity (Wildman–Crippen MR) is 111 cm³/mol. The number of methoxy groups -OCH3 is 3. The number of hydrogen-bond donors (Lipinski definition) is 1. The fourth-order valence-electron chi connectivity index (χ4n) is 2.54. The average molecular weight is 413 g/mol. The zero-order valence-electron chi connectivity index (χ0n) is 17.2. The molecule has 0 spiro atoms. The third-order valence-corrected chi connectivity index (χ3v) is 4.03. The van der Waals surface area contributed by atoms with Gasteiger partial charge in [0.2, 0.25) is 0 Å². The fraction of sp³-hybridized carbons (Fsp3) is 0.227. The van der Waals surface area contributed by atoms with Gasteiger partial charge in [-0.2, -0.15) is 0 Å². The maximum atomic E-state index is 12.0. The molecule has 0 atom stereocenters. The largest absolute Gasteiger partial charge is 0.496 e. The van der Waals surface area contributed by atoms with Crippen LogP contribution in [0, 0.1) is 0 Å². The number of ether oxygens (including phenoxy) is 4. The predicted octanol–water partition coefficient (Wildman–Crippen LogP) is 3.11. The molecule has 0 radical (unpaired) electrons. The molecule has 0 saturated heterocycles. The lowest BCUT2D eigenvalue weighted by atomic mass is 10.1. The summed E-state index contributed by atoms with van der Waals surface area (Å²) in [5.74, 6) is 0.0757. The molecule has 8 nitrogen and oxygen atoms in total. The second-order valence-corrected chi connectivity index (χ2v) is 6.08. The number of benzene rings is 2. The lowest BCUT2D eigenvalue weighted by Crippen LogP contribution is -2.20. The number of Topliss-reactive ketones (excluding diaryl/α,β-unsaturated/α-hetero) is 1. The number of anilines is 1. The van der Waals surface area contributed by atoms with Crippen LogP contribution in [-0.4, -0.2) is 45.6 Å². The molecule has 0 aliphatic carbocycles. The molecule has 0 heterocycles. The Morgan fingerprint density at radius 1 is 0.933 bits per heavy atom. The summed E-state index contributed by atoms with van der Waals surface area (Å²) in [4.78, 5) is 35.3. The van der Waals surface area contributed by atoms with Gasteiger partial charge >= 0.3 is 5.97 Å². The highest BCUT2D eigenvalue weighted by molar-refractivity contribution is 5.98. The van der Waals surface area contributed by atoms with Gasteiger partial charge in [0.1, 0.15) is 5.75 Å². The molecule has 0 saturated carbocycles. The first kappa shape index (κ1) is 22.5. The van der Waals surface area contributed by atoms with E-state index in [0.29, 0.717) is 34.1 Å². The topological polar surface area (TPSA) is 100 Å². The Labute approximate surface area is 174 Å². The lowest BCUT2D eigenvalue weighted by Gasteiger charge is -2.12. The smallest absolute Gasteiger partial charge is 0.331 e. The SMILES string of the molecule is COc1cc(OC)c(OC)cc1/C=C/C(=O)OCC(=O)Nc1cccc(C(C)=O)c1. The van der Waals surface area contributed by atoms with Crippen molar-refractivity contribution in [3.63, 3.8) is 0 Å². The molecule has 1 N–H and O–H groups in total. The van der Waals surface area contributed by atoms with Gasteiger partial charge in [0, 0.05) is 29.0 Å². The first-order valence-corrected chi connectivity index (χ1v) is 8.93. The van der Waals surface area contributed by atoms with Crippen molar-refractivity contribution in [2.45, 2.75) is 6.92 Å². The van der Waals surface area contributed by atoms with Crippen molar-refractivity contribution in [3.8, 4) is 17.2 Å². The summed E-state index contributed by atoms with van der Waals surface area (Å²) in [5, 5.41) is 2.57. The van der Waals surface area contributed by atoms with E-state index in [9.17, 15) is 14.4 Å². The Bertz CT molecular complexity index is 966. The minimum absolute atomic E-state index is 0.117. The summed E-state index contributed by atoms with van der Waals surface area (Å²) >= 11 is 0. The van der Waals surface area contributed by atoms with Gasteiger partial charge in [-0.25, -0.2) is 4.79 Å². The lowest BCUT2D eigenvalue weighted by molar-refractivity contribution is -0.142. The van der Waals surface area contributed by atoms with Crippen LogP contribution in [0.4, 0.5) is 5.69 Å². The molecule has 2 rings (SSSR count).